The number of piperidine rings is 2. The maximum absolute atomic E-state index is 14.8. The third-order valence-corrected chi connectivity index (χ3v) is 15.8. The first kappa shape index (κ1) is 51.5. The summed E-state index contributed by atoms with van der Waals surface area (Å²) in [4.78, 5) is 104. The Kier molecular flexibility index (Phi) is 15.3. The number of ether oxygens (including phenoxy) is 1. The van der Waals surface area contributed by atoms with Gasteiger partial charge in [0.1, 0.15) is 18.1 Å². The van der Waals surface area contributed by atoms with Crippen molar-refractivity contribution < 1.29 is 56.6 Å². The van der Waals surface area contributed by atoms with Gasteiger partial charge in [0.05, 0.1) is 11.0 Å². The second-order valence-electron chi connectivity index (χ2n) is 19.9. The molecule has 0 radical (unpaired) electrons. The van der Waals surface area contributed by atoms with E-state index >= 15 is 0 Å². The largest absolute Gasteiger partial charge is 0.399 e. The molecule has 8 rings (SSSR count). The third-order valence-electron chi connectivity index (χ3n) is 13.7. The number of amides is 6. The highest BCUT2D eigenvalue weighted by Crippen LogP contribution is 2.59. The van der Waals surface area contributed by atoms with Gasteiger partial charge in [0, 0.05) is 79.4 Å². The SMILES string of the molecule is CC(C)(C)[C@H](NC(=O)c1cc2cc(C(F)(F)P(=O)(O)O)ccc2s1)C(=O)N1C[C@H](OCCCCCC#Cc2ccc3c(c2)CN(C2CCC(=O)NC2=O)C3=O)C[C@H]1C(=O)N1CCC[C@H](c2ccccc2)C1. The van der Waals surface area contributed by atoms with Gasteiger partial charge < -0.3 is 34.5 Å². The molecule has 4 aliphatic rings. The minimum Gasteiger partial charge on any atom is -0.376 e. The molecule has 3 saturated heterocycles. The van der Waals surface area contributed by atoms with Crippen molar-refractivity contribution >= 4 is 64.5 Å². The van der Waals surface area contributed by atoms with Crippen LogP contribution >= 0.6 is 18.9 Å². The highest BCUT2D eigenvalue weighted by molar-refractivity contribution is 7.52. The van der Waals surface area contributed by atoms with E-state index in [0.717, 1.165) is 65.8 Å². The van der Waals surface area contributed by atoms with Gasteiger partial charge >= 0.3 is 13.3 Å². The Morgan fingerprint density at radius 1 is 0.972 bits per heavy atom. The summed E-state index contributed by atoms with van der Waals surface area (Å²) in [6.45, 7) is 7.21. The lowest BCUT2D eigenvalue weighted by atomic mass is 9.85. The summed E-state index contributed by atoms with van der Waals surface area (Å²) in [7, 11) is -5.83. The second kappa shape index (κ2) is 21.1. The number of nitrogens with one attached hydrogen (secondary N) is 2. The van der Waals surface area contributed by atoms with Crippen LogP contribution in [0.3, 0.4) is 0 Å². The van der Waals surface area contributed by atoms with E-state index in [4.69, 9.17) is 4.74 Å². The van der Waals surface area contributed by atoms with Crippen LogP contribution < -0.4 is 10.6 Å². The van der Waals surface area contributed by atoms with Crippen molar-refractivity contribution in [2.24, 2.45) is 5.41 Å². The zero-order valence-corrected chi connectivity index (χ0v) is 41.5. The number of carbonyl (C=O) groups is 6. The van der Waals surface area contributed by atoms with Gasteiger partial charge in [-0.05, 0) is 90.4 Å². The first-order chi connectivity index (χ1) is 33.7. The maximum atomic E-state index is 14.8. The van der Waals surface area contributed by atoms with Crippen molar-refractivity contribution in [1.82, 2.24) is 25.3 Å². The van der Waals surface area contributed by atoms with Gasteiger partial charge in [-0.1, -0.05) is 75.4 Å². The van der Waals surface area contributed by atoms with Crippen LogP contribution in [0.15, 0.2) is 72.8 Å². The lowest BCUT2D eigenvalue weighted by Crippen LogP contribution is -2.58. The second-order valence-corrected chi connectivity index (χ2v) is 22.6. The number of nitrogens with zero attached hydrogens (tertiary/aromatic N) is 3. The van der Waals surface area contributed by atoms with Gasteiger partial charge in [0.2, 0.25) is 23.6 Å². The molecular weight excluding hydrogens is 956 g/mol. The molecule has 4 N–H and O–H groups in total. The molecule has 5 atom stereocenters. The standard InChI is InChI=1S/C52H58F2N5O10PS/c1-51(2,3)45(56-47(62)43-27-35-26-37(18-21-42(35)71-43)52(53,54)70(66,67)68)50(65)59-31-38(28-41(59)49(64)57-23-12-16-34(29-57)33-14-9-7-10-15-33)69-24-11-6-4-5-8-13-32-17-19-39-36(25-32)30-58(48(39)63)40-20-22-44(60)55-46(40)61/h7,9-10,14-15,17-19,21,25-27,34,38,40-41,45H,4-6,11-12,16,20,22-24,28-31H2,1-3H3,(H,56,62)(H,55,60,61)(H2,66,67,68)/t34-,38+,40?,41-,45+/m0/s1. The minimum absolute atomic E-state index is 0.0983. The molecule has 0 saturated carbocycles. The van der Waals surface area contributed by atoms with Crippen molar-refractivity contribution in [1.29, 1.82) is 0 Å². The number of likely N-dealkylation sites (tertiary alicyclic amines) is 2. The molecule has 19 heteroatoms. The van der Waals surface area contributed by atoms with E-state index in [-0.39, 0.29) is 59.8 Å². The van der Waals surface area contributed by atoms with E-state index < -0.39 is 66.2 Å². The van der Waals surface area contributed by atoms with Crippen LogP contribution in [-0.4, -0.2) is 110 Å². The van der Waals surface area contributed by atoms with E-state index in [9.17, 15) is 51.9 Å². The summed E-state index contributed by atoms with van der Waals surface area (Å²) in [5.74, 6) is 4.20. The van der Waals surface area contributed by atoms with Crippen LogP contribution in [0.2, 0.25) is 0 Å². The van der Waals surface area contributed by atoms with Gasteiger partial charge in [-0.25, -0.2) is 0 Å². The fraction of sp³-hybridized carbons (Fsp3) is 0.462. The number of halogens is 2. The van der Waals surface area contributed by atoms with E-state index in [2.05, 4.69) is 34.6 Å². The zero-order valence-electron chi connectivity index (χ0n) is 39.8. The average Bonchev–Trinajstić information content (AvgIpc) is 4.06. The van der Waals surface area contributed by atoms with Crippen molar-refractivity contribution in [3.63, 3.8) is 0 Å². The van der Waals surface area contributed by atoms with E-state index in [0.29, 0.717) is 49.2 Å². The van der Waals surface area contributed by atoms with Crippen LogP contribution in [-0.2, 0) is 40.7 Å². The predicted molar refractivity (Wildman–Crippen MR) is 261 cm³/mol. The number of alkyl halides is 2. The smallest absolute Gasteiger partial charge is 0.376 e. The van der Waals surface area contributed by atoms with Crippen LogP contribution in [0.25, 0.3) is 10.1 Å². The Balaban J connectivity index is 0.899. The molecule has 1 aromatic heterocycles. The van der Waals surface area contributed by atoms with Crippen LogP contribution in [0.4, 0.5) is 8.78 Å². The topological polar surface area (TPSA) is 203 Å². The highest BCUT2D eigenvalue weighted by Gasteiger charge is 2.51. The molecule has 15 nitrogen and oxygen atoms in total. The Morgan fingerprint density at radius 3 is 2.48 bits per heavy atom. The van der Waals surface area contributed by atoms with Crippen LogP contribution in [0.5, 0.6) is 0 Å². The maximum Gasteiger partial charge on any atom is 0.399 e. The quantitative estimate of drug-likeness (QED) is 0.0439. The number of fused-ring (bicyclic) bond motifs is 2. The van der Waals surface area contributed by atoms with Gasteiger partial charge in [0.15, 0.2) is 0 Å². The Hall–Kier alpha value is -5.83. The zero-order chi connectivity index (χ0) is 50.8. The molecule has 4 aromatic rings. The summed E-state index contributed by atoms with van der Waals surface area (Å²) in [6, 6.07) is 17.2. The lowest BCUT2D eigenvalue weighted by molar-refractivity contribution is -0.146. The summed E-state index contributed by atoms with van der Waals surface area (Å²) < 4.78 is 47.5. The summed E-state index contributed by atoms with van der Waals surface area (Å²) in [5.41, 5.74) is -2.96. The van der Waals surface area contributed by atoms with Crippen LogP contribution in [0, 0.1) is 17.3 Å². The summed E-state index contributed by atoms with van der Waals surface area (Å²) >= 11 is 0.982. The number of thiophene rings is 1. The van der Waals surface area contributed by atoms with Gasteiger partial charge in [-0.15, -0.1) is 11.3 Å². The average molecular weight is 1010 g/mol. The fourth-order valence-corrected chi connectivity index (χ4v) is 11.3. The van der Waals surface area contributed by atoms with Gasteiger partial charge in [-0.2, -0.15) is 8.78 Å². The van der Waals surface area contributed by atoms with Gasteiger partial charge in [0.25, 0.3) is 11.8 Å². The van der Waals surface area contributed by atoms with Gasteiger partial charge in [-0.3, -0.25) is 38.6 Å². The third kappa shape index (κ3) is 11.5. The molecule has 71 heavy (non-hydrogen) atoms. The molecule has 3 fully saturated rings. The lowest BCUT2D eigenvalue weighted by Gasteiger charge is -2.38. The Labute approximate surface area is 414 Å². The number of hydrogen-bond donors (Lipinski definition) is 4. The summed E-state index contributed by atoms with van der Waals surface area (Å²) in [6.07, 6.45) is 4.94. The fourth-order valence-electron chi connectivity index (χ4n) is 9.87. The van der Waals surface area contributed by atoms with Crippen LogP contribution in [0.1, 0.15) is 127 Å². The molecule has 5 heterocycles. The molecule has 3 aromatic carbocycles. The Bertz CT molecular complexity index is 2840. The number of benzene rings is 3. The highest BCUT2D eigenvalue weighted by atomic mass is 32.1. The van der Waals surface area contributed by atoms with E-state index in [1.165, 1.54) is 21.9 Å². The summed E-state index contributed by atoms with van der Waals surface area (Å²) in [5, 5.41) is 5.37. The normalized spacial score (nSPS) is 21.2. The number of imide groups is 1. The van der Waals surface area contributed by atoms with Crippen molar-refractivity contribution in [3.8, 4) is 11.8 Å². The van der Waals surface area contributed by atoms with Crippen molar-refractivity contribution in [2.75, 3.05) is 26.2 Å². The van der Waals surface area contributed by atoms with E-state index in [1.54, 1.807) is 32.9 Å². The first-order valence-electron chi connectivity index (χ1n) is 24.0. The van der Waals surface area contributed by atoms with E-state index in [1.807, 2.05) is 29.2 Å². The van der Waals surface area contributed by atoms with Crippen molar-refractivity contribution in [2.45, 2.75) is 121 Å². The monoisotopic (exact) mass is 1010 g/mol. The molecule has 376 valence electrons. The Morgan fingerprint density at radius 2 is 1.75 bits per heavy atom. The van der Waals surface area contributed by atoms with Crippen molar-refractivity contribution in [3.05, 3.63) is 105 Å². The number of rotatable bonds is 14. The molecule has 0 aliphatic carbocycles. The molecule has 1 unspecified atom stereocenters. The first-order valence-corrected chi connectivity index (χ1v) is 26.4. The predicted octanol–water partition coefficient (Wildman–Crippen LogP) is 7.04. The molecule has 0 bridgehead atoms. The molecule has 4 aliphatic heterocycles. The minimum atomic E-state index is -5.83. The number of hydrogen-bond acceptors (Lipinski definition) is 9. The number of unbranched alkanes of at least 4 members (excludes halogenated alkanes) is 3. The molecule has 0 spiro atoms. The molecular formula is C52H58F2N5O10PS. The number of carbonyl (C=O) groups excluding carboxylic acids is 6. The molecule has 6 amide bonds.